The van der Waals surface area contributed by atoms with Gasteiger partial charge >= 0.3 is 6.03 Å². The van der Waals surface area contributed by atoms with E-state index in [9.17, 15) is 9.59 Å². The lowest BCUT2D eigenvalue weighted by Crippen LogP contribution is -2.45. The van der Waals surface area contributed by atoms with Gasteiger partial charge in [0.15, 0.2) is 0 Å². The molecular weight excluding hydrogens is 428 g/mol. The molecule has 0 spiro atoms. The van der Waals surface area contributed by atoms with Crippen molar-refractivity contribution in [1.82, 2.24) is 9.80 Å². The van der Waals surface area contributed by atoms with E-state index < -0.39 is 6.04 Å². The molecule has 3 atom stereocenters. The minimum absolute atomic E-state index is 0.193. The summed E-state index contributed by atoms with van der Waals surface area (Å²) < 4.78 is 5.46. The molecule has 170 valence electrons. The van der Waals surface area contributed by atoms with E-state index in [1.54, 1.807) is 31.4 Å². The molecule has 0 aliphatic carbocycles. The van der Waals surface area contributed by atoms with Gasteiger partial charge in [-0.05, 0) is 67.9 Å². The standard InChI is InChI=1S/C24H29ClN4O3/c1-15-21-9-8-19(12-16(21)10-11-28(15)2)26-23(30)22-13-20(32-3)14-29(22)24(31)27-18-6-4-17(25)5-7-18/h4-9,12,15,20,22H,10-11,13-14H2,1-3H3,(H,26,30)(H,27,31). The highest BCUT2D eigenvalue weighted by Crippen LogP contribution is 2.30. The van der Waals surface area contributed by atoms with Crippen molar-refractivity contribution in [3.05, 3.63) is 58.6 Å². The molecule has 0 radical (unpaired) electrons. The van der Waals surface area contributed by atoms with Gasteiger partial charge in [0, 0.05) is 49.1 Å². The molecule has 2 heterocycles. The summed E-state index contributed by atoms with van der Waals surface area (Å²) in [6.07, 6.45) is 1.20. The van der Waals surface area contributed by atoms with Crippen LogP contribution in [0.3, 0.4) is 0 Å². The van der Waals surface area contributed by atoms with Crippen molar-refractivity contribution in [2.24, 2.45) is 0 Å². The monoisotopic (exact) mass is 456 g/mol. The van der Waals surface area contributed by atoms with Crippen molar-refractivity contribution >= 4 is 34.9 Å². The molecule has 7 nitrogen and oxygen atoms in total. The van der Waals surface area contributed by atoms with E-state index in [1.807, 2.05) is 6.07 Å². The van der Waals surface area contributed by atoms with Gasteiger partial charge in [0.25, 0.3) is 0 Å². The van der Waals surface area contributed by atoms with E-state index in [0.717, 1.165) is 18.7 Å². The third-order valence-electron chi connectivity index (χ3n) is 6.51. The summed E-state index contributed by atoms with van der Waals surface area (Å²) in [6, 6.07) is 12.3. The zero-order valence-corrected chi connectivity index (χ0v) is 19.4. The van der Waals surface area contributed by atoms with Crippen molar-refractivity contribution in [3.63, 3.8) is 0 Å². The second-order valence-electron chi connectivity index (χ2n) is 8.51. The summed E-state index contributed by atoms with van der Waals surface area (Å²) in [6.45, 7) is 3.53. The number of urea groups is 1. The molecule has 2 N–H and O–H groups in total. The summed E-state index contributed by atoms with van der Waals surface area (Å²) in [5.41, 5.74) is 3.92. The molecule has 2 aliphatic heterocycles. The van der Waals surface area contributed by atoms with Crippen LogP contribution in [-0.2, 0) is 16.0 Å². The first-order valence-electron chi connectivity index (χ1n) is 10.9. The number of likely N-dealkylation sites (tertiary alicyclic amines) is 1. The lowest BCUT2D eigenvalue weighted by Gasteiger charge is -2.32. The lowest BCUT2D eigenvalue weighted by atomic mass is 9.93. The Kier molecular flexibility index (Phi) is 6.69. The molecule has 4 rings (SSSR count). The van der Waals surface area contributed by atoms with Gasteiger partial charge < -0.3 is 20.3 Å². The Bertz CT molecular complexity index is 997. The van der Waals surface area contributed by atoms with Crippen LogP contribution in [0, 0.1) is 0 Å². The number of carbonyl (C=O) groups is 2. The van der Waals surface area contributed by atoms with Crippen LogP contribution in [0.15, 0.2) is 42.5 Å². The molecule has 2 aromatic carbocycles. The van der Waals surface area contributed by atoms with Gasteiger partial charge in [-0.3, -0.25) is 9.69 Å². The van der Waals surface area contributed by atoms with Crippen molar-refractivity contribution in [3.8, 4) is 0 Å². The maximum atomic E-state index is 13.2. The molecule has 3 unspecified atom stereocenters. The molecule has 1 saturated heterocycles. The van der Waals surface area contributed by atoms with Crippen LogP contribution in [0.25, 0.3) is 0 Å². The summed E-state index contributed by atoms with van der Waals surface area (Å²) in [7, 11) is 3.72. The Morgan fingerprint density at radius 3 is 2.53 bits per heavy atom. The highest BCUT2D eigenvalue weighted by atomic mass is 35.5. The quantitative estimate of drug-likeness (QED) is 0.724. The number of fused-ring (bicyclic) bond motifs is 1. The average molecular weight is 457 g/mol. The van der Waals surface area contributed by atoms with E-state index >= 15 is 0 Å². The second kappa shape index (κ2) is 9.48. The number of amides is 3. The maximum Gasteiger partial charge on any atom is 0.322 e. The number of halogens is 1. The molecule has 0 saturated carbocycles. The Labute approximate surface area is 193 Å². The van der Waals surface area contributed by atoms with Gasteiger partial charge in [0.2, 0.25) is 5.91 Å². The summed E-state index contributed by atoms with van der Waals surface area (Å²) in [5.74, 6) is -0.211. The van der Waals surface area contributed by atoms with Crippen LogP contribution in [-0.4, -0.2) is 61.1 Å². The number of nitrogens with zero attached hydrogens (tertiary/aromatic N) is 2. The number of hydrogen-bond donors (Lipinski definition) is 2. The van der Waals surface area contributed by atoms with Crippen LogP contribution < -0.4 is 10.6 Å². The van der Waals surface area contributed by atoms with E-state index in [0.29, 0.717) is 29.7 Å². The van der Waals surface area contributed by atoms with Crippen LogP contribution in [0.2, 0.25) is 5.02 Å². The molecule has 0 bridgehead atoms. The SMILES string of the molecule is COC1CC(C(=O)Nc2ccc3c(c2)CCN(C)C3C)N(C(=O)Nc2ccc(Cl)cc2)C1. The van der Waals surface area contributed by atoms with Crippen molar-refractivity contribution in [2.75, 3.05) is 37.9 Å². The number of hydrogen-bond acceptors (Lipinski definition) is 4. The summed E-state index contributed by atoms with van der Waals surface area (Å²) in [4.78, 5) is 29.9. The first-order valence-corrected chi connectivity index (χ1v) is 11.2. The predicted octanol–water partition coefficient (Wildman–Crippen LogP) is 4.15. The lowest BCUT2D eigenvalue weighted by molar-refractivity contribution is -0.119. The zero-order valence-electron chi connectivity index (χ0n) is 18.6. The number of carbonyl (C=O) groups excluding carboxylic acids is 2. The fraction of sp³-hybridized carbons (Fsp3) is 0.417. The molecule has 2 aromatic rings. The topological polar surface area (TPSA) is 73.9 Å². The maximum absolute atomic E-state index is 13.2. The molecule has 2 aliphatic rings. The molecule has 1 fully saturated rings. The molecular formula is C24H29ClN4O3. The molecule has 3 amide bonds. The first-order chi connectivity index (χ1) is 15.4. The molecule has 0 aromatic heterocycles. The number of methoxy groups -OCH3 is 1. The predicted molar refractivity (Wildman–Crippen MR) is 126 cm³/mol. The number of nitrogens with one attached hydrogen (secondary N) is 2. The Morgan fingerprint density at radius 1 is 1.09 bits per heavy atom. The van der Waals surface area contributed by atoms with Crippen LogP contribution in [0.5, 0.6) is 0 Å². The second-order valence-corrected chi connectivity index (χ2v) is 8.94. The van der Waals surface area contributed by atoms with E-state index in [4.69, 9.17) is 16.3 Å². The highest BCUT2D eigenvalue weighted by Gasteiger charge is 2.40. The van der Waals surface area contributed by atoms with Crippen LogP contribution >= 0.6 is 11.6 Å². The summed E-state index contributed by atoms with van der Waals surface area (Å²) >= 11 is 5.92. The number of benzene rings is 2. The molecule has 8 heteroatoms. The van der Waals surface area contributed by atoms with Crippen molar-refractivity contribution in [1.29, 1.82) is 0 Å². The fourth-order valence-corrected chi connectivity index (χ4v) is 4.56. The smallest absolute Gasteiger partial charge is 0.322 e. The Morgan fingerprint density at radius 2 is 1.81 bits per heavy atom. The Hall–Kier alpha value is -2.61. The fourth-order valence-electron chi connectivity index (χ4n) is 4.43. The minimum Gasteiger partial charge on any atom is -0.380 e. The van der Waals surface area contributed by atoms with Gasteiger partial charge in [0.05, 0.1) is 6.10 Å². The zero-order chi connectivity index (χ0) is 22.8. The first kappa shape index (κ1) is 22.6. The Balaban J connectivity index is 1.47. The van der Waals surface area contributed by atoms with Crippen molar-refractivity contribution in [2.45, 2.75) is 38.0 Å². The highest BCUT2D eigenvalue weighted by molar-refractivity contribution is 6.30. The van der Waals surface area contributed by atoms with Crippen LogP contribution in [0.4, 0.5) is 16.2 Å². The number of likely N-dealkylation sites (N-methyl/N-ethyl adjacent to an activating group) is 1. The van der Waals surface area contributed by atoms with E-state index in [1.165, 1.54) is 16.0 Å². The van der Waals surface area contributed by atoms with E-state index in [2.05, 4.69) is 41.6 Å². The van der Waals surface area contributed by atoms with Crippen molar-refractivity contribution < 1.29 is 14.3 Å². The van der Waals surface area contributed by atoms with Gasteiger partial charge in [-0.15, -0.1) is 0 Å². The average Bonchev–Trinajstić information content (AvgIpc) is 3.23. The summed E-state index contributed by atoms with van der Waals surface area (Å²) in [5, 5.41) is 6.45. The third-order valence-corrected chi connectivity index (χ3v) is 6.76. The number of anilines is 2. The van der Waals surface area contributed by atoms with Crippen LogP contribution in [0.1, 0.15) is 30.5 Å². The number of rotatable bonds is 4. The van der Waals surface area contributed by atoms with Gasteiger partial charge in [-0.1, -0.05) is 17.7 Å². The third kappa shape index (κ3) is 4.75. The minimum atomic E-state index is -0.617. The van der Waals surface area contributed by atoms with Gasteiger partial charge in [-0.2, -0.15) is 0 Å². The van der Waals surface area contributed by atoms with E-state index in [-0.39, 0.29) is 18.0 Å². The van der Waals surface area contributed by atoms with Gasteiger partial charge in [-0.25, -0.2) is 4.79 Å². The normalized spacial score (nSPS) is 23.0. The largest absolute Gasteiger partial charge is 0.380 e. The van der Waals surface area contributed by atoms with Gasteiger partial charge in [0.1, 0.15) is 6.04 Å². The number of ether oxygens (including phenoxy) is 1. The molecule has 32 heavy (non-hydrogen) atoms.